The maximum absolute atomic E-state index is 13.5. The van der Waals surface area contributed by atoms with Crippen molar-refractivity contribution < 1.29 is 9.18 Å². The highest BCUT2D eigenvalue weighted by Crippen LogP contribution is 2.18. The molecule has 1 amide bonds. The van der Waals surface area contributed by atoms with Crippen LogP contribution in [0, 0.1) is 17.3 Å². The normalized spacial score (nSPS) is 9.60. The van der Waals surface area contributed by atoms with Gasteiger partial charge in [-0.1, -0.05) is 58.5 Å². The summed E-state index contributed by atoms with van der Waals surface area (Å²) in [6, 6.07) is 5.99. The largest absolute Gasteiger partial charge is 0.345 e. The number of para-hydroxylation sites is 1. The number of carbonyl (C=O) groups excluding carboxylic acids is 1. The Kier molecular flexibility index (Phi) is 16.9. The molecule has 7 heteroatoms. The number of aliphatic imine (C=N–C) groups is 1. The molecule has 5 nitrogen and oxygen atoms in total. The highest BCUT2D eigenvalue weighted by Gasteiger charge is 2.11. The van der Waals surface area contributed by atoms with Crippen LogP contribution in [0.15, 0.2) is 29.3 Å². The molecule has 1 aromatic rings. The molecule has 0 aliphatic carbocycles. The molecule has 140 valence electrons. The standard InChI is InChI=1S/C14H17FN4OS.2C2H6/c1-3-8-19(2)13(20)9-21-14(17-10-16)18-12-7-5-4-6-11(12)15;2*1-2/h4-7H,3,8-9H2,1-2H3,(H,17,18);2*1-2H3. The van der Waals surface area contributed by atoms with Gasteiger partial charge in [0.1, 0.15) is 11.5 Å². The number of nitrogens with zero attached hydrogens (tertiary/aromatic N) is 3. The van der Waals surface area contributed by atoms with Crippen LogP contribution in [-0.2, 0) is 4.79 Å². The van der Waals surface area contributed by atoms with E-state index in [1.165, 1.54) is 12.1 Å². The maximum Gasteiger partial charge on any atom is 0.232 e. The molecule has 0 fully saturated rings. The molecule has 1 rings (SSSR count). The van der Waals surface area contributed by atoms with Crippen molar-refractivity contribution in [1.82, 2.24) is 10.2 Å². The number of rotatable bonds is 5. The first-order valence-corrected chi connectivity index (χ1v) is 9.42. The lowest BCUT2D eigenvalue weighted by Gasteiger charge is -2.15. The third kappa shape index (κ3) is 11.2. The molecule has 0 aliphatic heterocycles. The van der Waals surface area contributed by atoms with Crippen LogP contribution in [-0.4, -0.2) is 35.3 Å². The lowest BCUT2D eigenvalue weighted by atomic mass is 10.3. The van der Waals surface area contributed by atoms with E-state index in [9.17, 15) is 9.18 Å². The summed E-state index contributed by atoms with van der Waals surface area (Å²) >= 11 is 1.07. The van der Waals surface area contributed by atoms with E-state index in [0.717, 1.165) is 18.2 Å². The summed E-state index contributed by atoms with van der Waals surface area (Å²) in [5, 5.41) is 11.3. The summed E-state index contributed by atoms with van der Waals surface area (Å²) in [5.41, 5.74) is 0.122. The first-order valence-electron chi connectivity index (χ1n) is 8.43. The van der Waals surface area contributed by atoms with Gasteiger partial charge in [-0.15, -0.1) is 0 Å². The summed E-state index contributed by atoms with van der Waals surface area (Å²) in [7, 11) is 1.72. The van der Waals surface area contributed by atoms with E-state index in [4.69, 9.17) is 5.26 Å². The zero-order valence-corrected chi connectivity index (χ0v) is 16.8. The number of hydrogen-bond donors (Lipinski definition) is 1. The van der Waals surface area contributed by atoms with Crippen molar-refractivity contribution in [3.8, 4) is 6.19 Å². The molecule has 0 aliphatic rings. The van der Waals surface area contributed by atoms with E-state index in [2.05, 4.69) is 10.3 Å². The zero-order chi connectivity index (χ0) is 19.7. The fourth-order valence-electron chi connectivity index (χ4n) is 1.50. The third-order valence-electron chi connectivity index (χ3n) is 2.55. The third-order valence-corrected chi connectivity index (χ3v) is 3.41. The van der Waals surface area contributed by atoms with Gasteiger partial charge in [0.2, 0.25) is 5.91 Å². The van der Waals surface area contributed by atoms with Crippen LogP contribution in [0.5, 0.6) is 0 Å². The Morgan fingerprint density at radius 1 is 1.32 bits per heavy atom. The van der Waals surface area contributed by atoms with Gasteiger partial charge in [0, 0.05) is 13.6 Å². The Balaban J connectivity index is 0. The average molecular weight is 369 g/mol. The van der Waals surface area contributed by atoms with Crippen molar-refractivity contribution >= 4 is 28.5 Å². The number of amides is 1. The van der Waals surface area contributed by atoms with Crippen LogP contribution >= 0.6 is 11.8 Å². The predicted octanol–water partition coefficient (Wildman–Crippen LogP) is 4.54. The highest BCUT2D eigenvalue weighted by molar-refractivity contribution is 8.14. The number of carbonyl (C=O) groups is 1. The average Bonchev–Trinajstić information content (AvgIpc) is 2.65. The van der Waals surface area contributed by atoms with E-state index in [1.807, 2.05) is 34.6 Å². The van der Waals surface area contributed by atoms with Gasteiger partial charge in [-0.25, -0.2) is 9.38 Å². The minimum Gasteiger partial charge on any atom is -0.345 e. The SMILES string of the molecule is CC.CC.CCCN(C)C(=O)CSC(=Nc1ccccc1F)NC#N. The molecule has 0 heterocycles. The van der Waals surface area contributed by atoms with Crippen LogP contribution in [0.4, 0.5) is 10.1 Å². The molecule has 0 radical (unpaired) electrons. The highest BCUT2D eigenvalue weighted by atomic mass is 32.2. The van der Waals surface area contributed by atoms with Gasteiger partial charge in [-0.05, 0) is 18.6 Å². The number of benzene rings is 1. The van der Waals surface area contributed by atoms with Gasteiger partial charge in [0.25, 0.3) is 0 Å². The van der Waals surface area contributed by atoms with Crippen molar-refractivity contribution in [3.63, 3.8) is 0 Å². The number of amidine groups is 1. The second-order valence-electron chi connectivity index (χ2n) is 4.21. The van der Waals surface area contributed by atoms with Gasteiger partial charge in [0.05, 0.1) is 5.75 Å². The molecule has 0 saturated heterocycles. The summed E-state index contributed by atoms with van der Waals surface area (Å²) < 4.78 is 13.5. The van der Waals surface area contributed by atoms with Crippen molar-refractivity contribution in [1.29, 1.82) is 5.26 Å². The number of thioether (sulfide) groups is 1. The number of halogens is 1. The van der Waals surface area contributed by atoms with E-state index >= 15 is 0 Å². The molecular formula is C18H29FN4OS. The number of nitrogens with one attached hydrogen (secondary N) is 1. The minimum atomic E-state index is -0.482. The van der Waals surface area contributed by atoms with E-state index in [0.29, 0.717) is 6.54 Å². The Hall–Kier alpha value is -2.07. The predicted molar refractivity (Wildman–Crippen MR) is 105 cm³/mol. The summed E-state index contributed by atoms with van der Waals surface area (Å²) in [6.07, 6.45) is 2.61. The lowest BCUT2D eigenvalue weighted by Crippen LogP contribution is -2.30. The van der Waals surface area contributed by atoms with Crippen molar-refractivity contribution in [2.45, 2.75) is 41.0 Å². The first-order chi connectivity index (χ1) is 12.1. The second-order valence-corrected chi connectivity index (χ2v) is 5.17. The van der Waals surface area contributed by atoms with Gasteiger partial charge in [-0.3, -0.25) is 10.1 Å². The van der Waals surface area contributed by atoms with Crippen molar-refractivity contribution in [2.24, 2.45) is 4.99 Å². The van der Waals surface area contributed by atoms with Crippen LogP contribution in [0.1, 0.15) is 41.0 Å². The first kappa shape index (κ1) is 25.2. The van der Waals surface area contributed by atoms with E-state index in [1.54, 1.807) is 30.3 Å². The Labute approximate surface area is 155 Å². The molecule has 0 unspecified atom stereocenters. The molecule has 0 bridgehead atoms. The monoisotopic (exact) mass is 368 g/mol. The Morgan fingerprint density at radius 2 is 1.92 bits per heavy atom. The second kappa shape index (κ2) is 16.8. The van der Waals surface area contributed by atoms with Crippen LogP contribution < -0.4 is 5.32 Å². The minimum absolute atomic E-state index is 0.0668. The summed E-state index contributed by atoms with van der Waals surface area (Å²) in [6.45, 7) is 10.7. The Bertz CT molecular complexity index is 558. The number of hydrogen-bond acceptors (Lipinski definition) is 4. The Morgan fingerprint density at radius 3 is 2.44 bits per heavy atom. The smallest absolute Gasteiger partial charge is 0.232 e. The fraction of sp³-hybridized carbons (Fsp3) is 0.500. The van der Waals surface area contributed by atoms with Crippen LogP contribution in [0.2, 0.25) is 0 Å². The van der Waals surface area contributed by atoms with E-state index < -0.39 is 5.82 Å². The summed E-state index contributed by atoms with van der Waals surface area (Å²) in [4.78, 5) is 17.5. The molecule has 0 atom stereocenters. The van der Waals surface area contributed by atoms with Crippen LogP contribution in [0.25, 0.3) is 0 Å². The molecule has 1 N–H and O–H groups in total. The molecule has 1 aromatic carbocycles. The lowest BCUT2D eigenvalue weighted by molar-refractivity contribution is -0.127. The maximum atomic E-state index is 13.5. The fourth-order valence-corrected chi connectivity index (χ4v) is 2.26. The molecule has 25 heavy (non-hydrogen) atoms. The molecule has 0 saturated carbocycles. The molecular weight excluding hydrogens is 339 g/mol. The van der Waals surface area contributed by atoms with Crippen molar-refractivity contribution in [2.75, 3.05) is 19.3 Å². The molecule has 0 spiro atoms. The van der Waals surface area contributed by atoms with Crippen molar-refractivity contribution in [3.05, 3.63) is 30.1 Å². The van der Waals surface area contributed by atoms with Gasteiger partial charge in [0.15, 0.2) is 11.4 Å². The molecule has 0 aromatic heterocycles. The van der Waals surface area contributed by atoms with Crippen LogP contribution in [0.3, 0.4) is 0 Å². The zero-order valence-electron chi connectivity index (χ0n) is 16.0. The topological polar surface area (TPSA) is 68.5 Å². The quantitative estimate of drug-likeness (QED) is 0.359. The number of nitriles is 1. The van der Waals surface area contributed by atoms with Gasteiger partial charge < -0.3 is 4.90 Å². The van der Waals surface area contributed by atoms with Gasteiger partial charge in [-0.2, -0.15) is 5.26 Å². The van der Waals surface area contributed by atoms with E-state index in [-0.39, 0.29) is 22.5 Å². The van der Waals surface area contributed by atoms with Gasteiger partial charge >= 0.3 is 0 Å². The summed E-state index contributed by atoms with van der Waals surface area (Å²) in [5.74, 6) is -0.411.